The van der Waals surface area contributed by atoms with Crippen LogP contribution in [0.3, 0.4) is 0 Å². The molecule has 0 amide bonds. The number of aryl methyl sites for hydroxylation is 1. The summed E-state index contributed by atoms with van der Waals surface area (Å²) in [6, 6.07) is 9.45. The molecule has 1 aliphatic rings. The van der Waals surface area contributed by atoms with Gasteiger partial charge in [-0.1, -0.05) is 0 Å². The fourth-order valence-corrected chi connectivity index (χ4v) is 22.9. The Morgan fingerprint density at radius 1 is 1.08 bits per heavy atom. The van der Waals surface area contributed by atoms with E-state index in [4.69, 9.17) is 0 Å². The van der Waals surface area contributed by atoms with Crippen LogP contribution < -0.4 is 0 Å². The maximum atomic E-state index is 13.8. The van der Waals surface area contributed by atoms with Crippen LogP contribution in [0.15, 0.2) is 51.0 Å². The summed E-state index contributed by atoms with van der Waals surface area (Å²) in [6.45, 7) is 18.1. The molecule has 0 spiro atoms. The third kappa shape index (κ3) is 8.70. The third-order valence-electron chi connectivity index (χ3n) is 8.20. The molecule has 0 N–H and O–H groups in total. The van der Waals surface area contributed by atoms with Crippen LogP contribution in [0.5, 0.6) is 0 Å². The normalized spacial score (nSPS) is 18.3. The number of hydrogen-bond acceptors (Lipinski definition) is 3. The van der Waals surface area contributed by atoms with Crippen LogP contribution in [0.2, 0.25) is 13.3 Å². The Labute approximate surface area is 232 Å². The number of sulfonamides is 1. The first-order valence-corrected chi connectivity index (χ1v) is 23.4. The van der Waals surface area contributed by atoms with Crippen molar-refractivity contribution in [3.63, 3.8) is 0 Å². The molecular formula is C31H50N2O2SSn. The van der Waals surface area contributed by atoms with E-state index in [1.807, 2.05) is 19.1 Å². The molecule has 2 rings (SSSR count). The summed E-state index contributed by atoms with van der Waals surface area (Å²) in [5.41, 5.74) is 2.71. The molecule has 1 unspecified atom stereocenters. The van der Waals surface area contributed by atoms with Crippen molar-refractivity contribution < 1.29 is 8.42 Å². The molecule has 37 heavy (non-hydrogen) atoms. The van der Waals surface area contributed by atoms with Gasteiger partial charge >= 0.3 is 233 Å². The van der Waals surface area contributed by atoms with E-state index in [0.717, 1.165) is 5.56 Å². The summed E-state index contributed by atoms with van der Waals surface area (Å²) >= 11 is -2.68. The van der Waals surface area contributed by atoms with Gasteiger partial charge in [-0.3, -0.25) is 0 Å². The quantitative estimate of drug-likeness (QED) is 0.144. The molecule has 1 saturated heterocycles. The van der Waals surface area contributed by atoms with E-state index in [9.17, 15) is 13.7 Å². The standard InChI is InChI=1S/C19H23N2O2S.3C4H9.Sn/c1-14-6-8-17(9-7-14)24(22,23)21-12-16(3)18(13-21)19(4,5)10-15(2)11-20;3*1-3-4-2;/h3,6-9,18H,2,10,12-13H2,1,4-5H3;3*1,3-4H2,2H3;. The predicted molar refractivity (Wildman–Crippen MR) is 160 cm³/mol. The molecule has 1 atom stereocenters. The number of nitriles is 1. The maximum absolute atomic E-state index is 13.8. The van der Waals surface area contributed by atoms with Crippen molar-refractivity contribution in [2.75, 3.05) is 13.1 Å². The zero-order chi connectivity index (χ0) is 27.7. The third-order valence-corrected chi connectivity index (χ3v) is 24.4. The minimum absolute atomic E-state index is 0.0961. The molecule has 0 saturated carbocycles. The zero-order valence-corrected chi connectivity index (χ0v) is 27.9. The van der Waals surface area contributed by atoms with Crippen LogP contribution >= 0.6 is 0 Å². The molecule has 1 heterocycles. The topological polar surface area (TPSA) is 61.2 Å². The van der Waals surface area contributed by atoms with Gasteiger partial charge in [0.25, 0.3) is 0 Å². The minimum atomic E-state index is -3.59. The van der Waals surface area contributed by atoms with Gasteiger partial charge in [0.2, 0.25) is 0 Å². The van der Waals surface area contributed by atoms with E-state index in [1.165, 1.54) is 57.4 Å². The van der Waals surface area contributed by atoms with Crippen molar-refractivity contribution in [1.29, 1.82) is 5.26 Å². The van der Waals surface area contributed by atoms with Gasteiger partial charge in [0.1, 0.15) is 0 Å². The van der Waals surface area contributed by atoms with Crippen molar-refractivity contribution in [3.8, 4) is 6.07 Å². The zero-order valence-electron chi connectivity index (χ0n) is 24.3. The number of benzene rings is 1. The van der Waals surface area contributed by atoms with Gasteiger partial charge in [0.15, 0.2) is 0 Å². The average molecular weight is 634 g/mol. The SMILES string of the molecule is C=C(C#N)CC(C)(C)C1CN(S(=O)(=O)c2ccc(C)cc2)C/C1=[CH]\[Sn]([CH2]CCC)([CH2]CCC)[CH2]CCC. The number of unbranched alkanes of at least 4 members (excludes halogenated alkanes) is 3. The monoisotopic (exact) mass is 634 g/mol. The van der Waals surface area contributed by atoms with Gasteiger partial charge in [0.05, 0.1) is 0 Å². The second-order valence-corrected chi connectivity index (χ2v) is 26.8. The van der Waals surface area contributed by atoms with Crippen molar-refractivity contribution >= 4 is 28.4 Å². The second-order valence-electron chi connectivity index (χ2n) is 11.9. The summed E-state index contributed by atoms with van der Waals surface area (Å²) in [5.74, 6) is 0.0961. The van der Waals surface area contributed by atoms with E-state index in [2.05, 4.69) is 51.4 Å². The molecule has 1 aliphatic heterocycles. The van der Waals surface area contributed by atoms with Gasteiger partial charge in [-0.2, -0.15) is 0 Å². The van der Waals surface area contributed by atoms with Gasteiger partial charge in [-0.05, 0) is 0 Å². The fraction of sp³-hybridized carbons (Fsp3) is 0.645. The second kappa shape index (κ2) is 14.3. The number of rotatable bonds is 15. The Bertz CT molecular complexity index is 1050. The molecule has 1 aromatic rings. The van der Waals surface area contributed by atoms with Crippen molar-refractivity contribution in [3.05, 3.63) is 51.6 Å². The molecule has 6 heteroatoms. The van der Waals surface area contributed by atoms with E-state index in [1.54, 1.807) is 16.4 Å². The Balaban J connectivity index is 2.60. The van der Waals surface area contributed by atoms with Crippen LogP contribution in [0.25, 0.3) is 0 Å². The molecule has 0 radical (unpaired) electrons. The van der Waals surface area contributed by atoms with Gasteiger partial charge in [-0.25, -0.2) is 0 Å². The molecule has 0 bridgehead atoms. The first-order valence-electron chi connectivity index (χ1n) is 14.3. The average Bonchev–Trinajstić information content (AvgIpc) is 3.30. The molecular weight excluding hydrogens is 583 g/mol. The van der Waals surface area contributed by atoms with E-state index >= 15 is 0 Å². The van der Waals surface area contributed by atoms with Crippen LogP contribution in [0.4, 0.5) is 0 Å². The Hall–Kier alpha value is -1.10. The van der Waals surface area contributed by atoms with Gasteiger partial charge < -0.3 is 0 Å². The van der Waals surface area contributed by atoms with E-state index in [-0.39, 0.29) is 11.3 Å². The van der Waals surface area contributed by atoms with Crippen molar-refractivity contribution in [1.82, 2.24) is 4.31 Å². The predicted octanol–water partition coefficient (Wildman–Crippen LogP) is 8.43. The van der Waals surface area contributed by atoms with Crippen molar-refractivity contribution in [2.24, 2.45) is 11.3 Å². The molecule has 0 aliphatic carbocycles. The molecule has 1 aromatic carbocycles. The summed E-state index contributed by atoms with van der Waals surface area (Å²) in [4.78, 5) is 0.370. The number of hydrogen-bond donors (Lipinski definition) is 0. The molecule has 0 aromatic heterocycles. The molecule has 4 nitrogen and oxygen atoms in total. The summed E-state index contributed by atoms with van der Waals surface area (Å²) in [6.07, 6.45) is 8.06. The molecule has 206 valence electrons. The van der Waals surface area contributed by atoms with Crippen LogP contribution in [0, 0.1) is 29.6 Å². The van der Waals surface area contributed by atoms with Crippen molar-refractivity contribution in [2.45, 2.75) is 105 Å². The Kier molecular flexibility index (Phi) is 12.4. The Morgan fingerprint density at radius 3 is 2.05 bits per heavy atom. The first-order chi connectivity index (χ1) is 17.4. The van der Waals surface area contributed by atoms with E-state index < -0.39 is 28.4 Å². The summed E-state index contributed by atoms with van der Waals surface area (Å²) in [5, 5.41) is 9.48. The first kappa shape index (κ1) is 32.1. The van der Waals surface area contributed by atoms with E-state index in [0.29, 0.717) is 30.0 Å². The van der Waals surface area contributed by atoms with Crippen LogP contribution in [0.1, 0.15) is 85.1 Å². The molecule has 1 fully saturated rings. The Morgan fingerprint density at radius 2 is 1.59 bits per heavy atom. The fourth-order valence-electron chi connectivity index (χ4n) is 5.92. The van der Waals surface area contributed by atoms with Gasteiger partial charge in [0, 0.05) is 0 Å². The van der Waals surface area contributed by atoms with Crippen LogP contribution in [-0.2, 0) is 10.0 Å². The van der Waals surface area contributed by atoms with Crippen LogP contribution in [-0.4, -0.2) is 44.2 Å². The number of nitrogens with zero attached hydrogens (tertiary/aromatic N) is 2. The summed E-state index contributed by atoms with van der Waals surface area (Å²) in [7, 11) is -3.59. The van der Waals surface area contributed by atoms with Gasteiger partial charge in [-0.15, -0.1) is 0 Å². The number of allylic oxidation sites excluding steroid dienone is 1. The summed E-state index contributed by atoms with van der Waals surface area (Å²) < 4.78 is 36.0.